The monoisotopic (exact) mass is 350 g/mol. The van der Waals surface area contributed by atoms with Crippen LogP contribution >= 0.6 is 0 Å². The van der Waals surface area contributed by atoms with Crippen molar-refractivity contribution >= 4 is 5.91 Å². The van der Waals surface area contributed by atoms with Gasteiger partial charge in [-0.25, -0.2) is 9.97 Å². The molecule has 0 radical (unpaired) electrons. The van der Waals surface area contributed by atoms with Crippen LogP contribution in [0.4, 0.5) is 0 Å². The van der Waals surface area contributed by atoms with E-state index in [-0.39, 0.29) is 5.92 Å². The van der Waals surface area contributed by atoms with Gasteiger partial charge in [-0.05, 0) is 30.7 Å². The summed E-state index contributed by atoms with van der Waals surface area (Å²) in [5.74, 6) is 2.96. The van der Waals surface area contributed by atoms with Crippen molar-refractivity contribution in [2.45, 2.75) is 25.8 Å². The molecule has 1 N–H and O–H groups in total. The molecule has 3 aliphatic rings. The summed E-state index contributed by atoms with van der Waals surface area (Å²) in [6.45, 7) is 1.39. The molecule has 3 atom stereocenters. The highest BCUT2D eigenvalue weighted by atomic mass is 16.5. The van der Waals surface area contributed by atoms with Crippen LogP contribution in [0.3, 0.4) is 0 Å². The van der Waals surface area contributed by atoms with Gasteiger partial charge >= 0.3 is 0 Å². The van der Waals surface area contributed by atoms with Gasteiger partial charge in [-0.1, -0.05) is 12.2 Å². The minimum atomic E-state index is 0.180. The number of imidazole rings is 1. The van der Waals surface area contributed by atoms with Gasteiger partial charge in [0.2, 0.25) is 11.8 Å². The first-order chi connectivity index (χ1) is 12.7. The van der Waals surface area contributed by atoms with Gasteiger partial charge in [0.15, 0.2) is 0 Å². The standard InChI is InChI=1S/C20H22N4O2/c1-26-18-5-4-14(10-21-18)19-22-16-6-7-24(11-17(16)23-19)20(25)15-9-12-2-3-13(15)8-12/h2-5,10,12-13,15H,6-9,11H2,1H3,(H,22,23)/t12-,13+,15-/m1/s1. The van der Waals surface area contributed by atoms with Gasteiger partial charge < -0.3 is 14.6 Å². The van der Waals surface area contributed by atoms with Gasteiger partial charge in [0.1, 0.15) is 5.82 Å². The average molecular weight is 350 g/mol. The molecule has 0 aromatic carbocycles. The lowest BCUT2D eigenvalue weighted by Crippen LogP contribution is -2.41. The predicted octanol–water partition coefficient (Wildman–Crippen LogP) is 2.58. The number of hydrogen-bond donors (Lipinski definition) is 1. The number of pyridine rings is 1. The molecule has 0 spiro atoms. The minimum absolute atomic E-state index is 0.180. The quantitative estimate of drug-likeness (QED) is 0.864. The highest BCUT2D eigenvalue weighted by Crippen LogP contribution is 2.44. The van der Waals surface area contributed by atoms with Gasteiger partial charge in [-0.2, -0.15) is 0 Å². The molecule has 2 aliphatic carbocycles. The van der Waals surface area contributed by atoms with E-state index >= 15 is 0 Å². The van der Waals surface area contributed by atoms with E-state index in [1.807, 2.05) is 17.0 Å². The number of rotatable bonds is 3. The molecule has 1 amide bonds. The van der Waals surface area contributed by atoms with E-state index < -0.39 is 0 Å². The number of nitrogens with one attached hydrogen (secondary N) is 1. The lowest BCUT2D eigenvalue weighted by Gasteiger charge is -2.30. The zero-order valence-corrected chi connectivity index (χ0v) is 14.8. The smallest absolute Gasteiger partial charge is 0.226 e. The Bertz CT molecular complexity index is 870. The fraction of sp³-hybridized carbons (Fsp3) is 0.450. The lowest BCUT2D eigenvalue weighted by atomic mass is 9.91. The molecule has 2 aromatic rings. The van der Waals surface area contributed by atoms with Crippen LogP contribution in [0, 0.1) is 17.8 Å². The Hall–Kier alpha value is -2.63. The first-order valence-electron chi connectivity index (χ1n) is 9.26. The average Bonchev–Trinajstić information content (AvgIpc) is 3.41. The fourth-order valence-electron chi connectivity index (χ4n) is 4.56. The Labute approximate surface area is 152 Å². The maximum absolute atomic E-state index is 13.0. The van der Waals surface area contributed by atoms with Crippen molar-refractivity contribution in [2.75, 3.05) is 13.7 Å². The number of carbonyl (C=O) groups is 1. The molecule has 1 saturated carbocycles. The first kappa shape index (κ1) is 15.6. The zero-order chi connectivity index (χ0) is 17.7. The summed E-state index contributed by atoms with van der Waals surface area (Å²) in [5, 5.41) is 0. The van der Waals surface area contributed by atoms with Crippen molar-refractivity contribution in [1.29, 1.82) is 0 Å². The maximum atomic E-state index is 13.0. The fourth-order valence-corrected chi connectivity index (χ4v) is 4.56. The number of aromatic nitrogens is 3. The number of hydrogen-bond acceptors (Lipinski definition) is 4. The highest BCUT2D eigenvalue weighted by molar-refractivity contribution is 5.80. The lowest BCUT2D eigenvalue weighted by molar-refractivity contribution is -0.137. The Morgan fingerprint density at radius 1 is 1.31 bits per heavy atom. The van der Waals surface area contributed by atoms with Gasteiger partial charge in [-0.15, -0.1) is 0 Å². The summed E-state index contributed by atoms with van der Waals surface area (Å²) < 4.78 is 5.11. The summed E-state index contributed by atoms with van der Waals surface area (Å²) in [7, 11) is 1.60. The molecule has 6 nitrogen and oxygen atoms in total. The van der Waals surface area contributed by atoms with Crippen LogP contribution in [-0.2, 0) is 17.8 Å². The molecule has 2 bridgehead atoms. The molecule has 5 rings (SSSR count). The molecule has 134 valence electrons. The molecule has 26 heavy (non-hydrogen) atoms. The van der Waals surface area contributed by atoms with Crippen LogP contribution in [0.2, 0.25) is 0 Å². The maximum Gasteiger partial charge on any atom is 0.226 e. The summed E-state index contributed by atoms with van der Waals surface area (Å²) in [4.78, 5) is 27.4. The van der Waals surface area contributed by atoms with E-state index in [1.165, 1.54) is 0 Å². The van der Waals surface area contributed by atoms with Crippen LogP contribution < -0.4 is 4.74 Å². The molecule has 0 unspecified atom stereocenters. The van der Waals surface area contributed by atoms with Gasteiger partial charge in [0.05, 0.1) is 25.0 Å². The third kappa shape index (κ3) is 2.52. The predicted molar refractivity (Wildman–Crippen MR) is 96.3 cm³/mol. The van der Waals surface area contributed by atoms with Gasteiger partial charge in [0, 0.05) is 36.7 Å². The van der Waals surface area contributed by atoms with Crippen molar-refractivity contribution in [2.24, 2.45) is 17.8 Å². The van der Waals surface area contributed by atoms with E-state index in [9.17, 15) is 4.79 Å². The Morgan fingerprint density at radius 3 is 2.92 bits per heavy atom. The molecule has 6 heteroatoms. The molecular formula is C20H22N4O2. The van der Waals surface area contributed by atoms with Crippen molar-refractivity contribution in [3.8, 4) is 17.3 Å². The van der Waals surface area contributed by atoms with E-state index in [1.54, 1.807) is 13.3 Å². The number of ether oxygens (including phenoxy) is 1. The number of aromatic amines is 1. The topological polar surface area (TPSA) is 71.1 Å². The summed E-state index contributed by atoms with van der Waals surface area (Å²) in [6, 6.07) is 3.77. The molecular weight excluding hydrogens is 328 g/mol. The third-order valence-corrected chi connectivity index (χ3v) is 5.96. The second-order valence-electron chi connectivity index (χ2n) is 7.50. The van der Waals surface area contributed by atoms with Crippen molar-refractivity contribution in [1.82, 2.24) is 19.9 Å². The van der Waals surface area contributed by atoms with Crippen molar-refractivity contribution < 1.29 is 9.53 Å². The van der Waals surface area contributed by atoms with Gasteiger partial charge in [0.25, 0.3) is 0 Å². The Morgan fingerprint density at radius 2 is 2.23 bits per heavy atom. The van der Waals surface area contributed by atoms with Crippen LogP contribution in [0.5, 0.6) is 5.88 Å². The van der Waals surface area contributed by atoms with Crippen LogP contribution in [0.1, 0.15) is 24.2 Å². The number of H-pyrrole nitrogens is 1. The van der Waals surface area contributed by atoms with Crippen LogP contribution in [-0.4, -0.2) is 39.4 Å². The second-order valence-corrected chi connectivity index (χ2v) is 7.50. The first-order valence-corrected chi connectivity index (χ1v) is 9.26. The number of carbonyl (C=O) groups excluding carboxylic acids is 1. The van der Waals surface area contributed by atoms with Crippen LogP contribution in [0.15, 0.2) is 30.5 Å². The molecule has 0 saturated heterocycles. The summed E-state index contributed by atoms with van der Waals surface area (Å²) >= 11 is 0. The highest BCUT2D eigenvalue weighted by Gasteiger charge is 2.42. The number of allylic oxidation sites excluding steroid dienone is 2. The Balaban J connectivity index is 1.34. The van der Waals surface area contributed by atoms with Crippen molar-refractivity contribution in [3.05, 3.63) is 41.9 Å². The summed E-state index contributed by atoms with van der Waals surface area (Å²) in [5.41, 5.74) is 3.04. The number of fused-ring (bicyclic) bond motifs is 3. The number of amides is 1. The molecule has 3 heterocycles. The second kappa shape index (κ2) is 5.97. The van der Waals surface area contributed by atoms with E-state index in [0.717, 1.165) is 48.6 Å². The molecule has 2 aromatic heterocycles. The number of methoxy groups -OCH3 is 1. The van der Waals surface area contributed by atoms with E-state index in [0.29, 0.717) is 30.2 Å². The van der Waals surface area contributed by atoms with E-state index in [2.05, 4.69) is 22.1 Å². The van der Waals surface area contributed by atoms with Crippen LogP contribution in [0.25, 0.3) is 11.4 Å². The molecule has 1 aliphatic heterocycles. The number of nitrogens with zero attached hydrogens (tertiary/aromatic N) is 3. The normalized spacial score (nSPS) is 26.2. The van der Waals surface area contributed by atoms with Crippen molar-refractivity contribution in [3.63, 3.8) is 0 Å². The summed E-state index contributed by atoms with van der Waals surface area (Å²) in [6.07, 6.45) is 9.28. The SMILES string of the molecule is COc1ccc(-c2nc3c([nH]2)CN(C(=O)[C@@H]2C[C@@H]4C=C[C@H]2C4)CC3)cn1. The minimum Gasteiger partial charge on any atom is -0.481 e. The van der Waals surface area contributed by atoms with E-state index in [4.69, 9.17) is 9.72 Å². The largest absolute Gasteiger partial charge is 0.481 e. The third-order valence-electron chi connectivity index (χ3n) is 5.96. The van der Waals surface area contributed by atoms with Gasteiger partial charge in [-0.3, -0.25) is 4.79 Å². The Kier molecular flexibility index (Phi) is 3.58. The zero-order valence-electron chi connectivity index (χ0n) is 14.8. The molecule has 1 fully saturated rings.